The Morgan fingerprint density at radius 2 is 2.16 bits per heavy atom. The van der Waals surface area contributed by atoms with Crippen LogP contribution in [-0.2, 0) is 11.5 Å². The summed E-state index contributed by atoms with van der Waals surface area (Å²) in [5, 5.41) is 4.72. The van der Waals surface area contributed by atoms with Crippen molar-refractivity contribution in [2.45, 2.75) is 65.6 Å². The summed E-state index contributed by atoms with van der Waals surface area (Å²) in [5.74, 6) is 1.10. The maximum Gasteiger partial charge on any atom is 0.151 e. The first-order valence-electron chi connectivity index (χ1n) is 7.44. The zero-order valence-corrected chi connectivity index (χ0v) is 12.8. The van der Waals surface area contributed by atoms with Crippen LogP contribution in [-0.4, -0.2) is 28.5 Å². The summed E-state index contributed by atoms with van der Waals surface area (Å²) in [6.07, 6.45) is 4.88. The van der Waals surface area contributed by atoms with Gasteiger partial charge in [-0.1, -0.05) is 6.92 Å². The van der Waals surface area contributed by atoms with Crippen LogP contribution in [0.5, 0.6) is 0 Å². The number of aryl methyl sites for hydroxylation is 1. The Morgan fingerprint density at radius 1 is 1.37 bits per heavy atom. The predicted octanol–water partition coefficient (Wildman–Crippen LogP) is 3.34. The minimum absolute atomic E-state index is 0.216. The third-order valence-corrected chi connectivity index (χ3v) is 3.96. The summed E-state index contributed by atoms with van der Waals surface area (Å²) in [4.78, 5) is 2.44. The van der Waals surface area contributed by atoms with Crippen LogP contribution < -0.4 is 4.90 Å². The number of piperidine rings is 1. The molecule has 0 N–H and O–H groups in total. The first kappa shape index (κ1) is 14.4. The average molecular weight is 265 g/mol. The van der Waals surface area contributed by atoms with Gasteiger partial charge in [0.05, 0.1) is 0 Å². The summed E-state index contributed by atoms with van der Waals surface area (Å²) < 4.78 is 7.55. The van der Waals surface area contributed by atoms with E-state index in [1.807, 2.05) is 4.68 Å². The van der Waals surface area contributed by atoms with Gasteiger partial charge in [-0.05, 0) is 46.5 Å². The molecule has 1 aliphatic heterocycles. The Morgan fingerprint density at radius 3 is 2.84 bits per heavy atom. The highest BCUT2D eigenvalue weighted by molar-refractivity contribution is 5.43. The quantitative estimate of drug-likeness (QED) is 0.765. The molecular weight excluding hydrogens is 238 g/mol. The van der Waals surface area contributed by atoms with Gasteiger partial charge in [-0.15, -0.1) is 0 Å². The van der Waals surface area contributed by atoms with Crippen molar-refractivity contribution in [2.75, 3.05) is 18.1 Å². The van der Waals surface area contributed by atoms with Crippen molar-refractivity contribution in [3.05, 3.63) is 11.8 Å². The van der Waals surface area contributed by atoms with E-state index in [0.29, 0.717) is 6.73 Å². The number of aromatic nitrogens is 2. The molecule has 0 atom stereocenters. The van der Waals surface area contributed by atoms with E-state index in [1.54, 1.807) is 0 Å². The summed E-state index contributed by atoms with van der Waals surface area (Å²) in [6, 6.07) is 2.18. The molecule has 4 nitrogen and oxygen atoms in total. The highest BCUT2D eigenvalue weighted by Gasteiger charge is 2.31. The molecule has 0 aromatic carbocycles. The maximum atomic E-state index is 5.58. The third-order valence-electron chi connectivity index (χ3n) is 3.96. The lowest BCUT2D eigenvalue weighted by Crippen LogP contribution is -2.47. The molecule has 108 valence electrons. The number of ether oxygens (including phenoxy) is 1. The minimum atomic E-state index is 0.216. The SMILES string of the molecule is CCCOCn1nc(N2CCCCC2(C)C)cc1C. The summed E-state index contributed by atoms with van der Waals surface area (Å²) in [6.45, 7) is 11.3. The predicted molar refractivity (Wildman–Crippen MR) is 78.5 cm³/mol. The van der Waals surface area contributed by atoms with Gasteiger partial charge < -0.3 is 9.64 Å². The van der Waals surface area contributed by atoms with Crippen LogP contribution in [0.3, 0.4) is 0 Å². The van der Waals surface area contributed by atoms with E-state index in [-0.39, 0.29) is 5.54 Å². The van der Waals surface area contributed by atoms with Crippen molar-refractivity contribution >= 4 is 5.82 Å². The Labute approximate surface area is 116 Å². The molecule has 19 heavy (non-hydrogen) atoms. The maximum absolute atomic E-state index is 5.58. The second-order valence-corrected chi connectivity index (χ2v) is 6.10. The molecule has 1 aliphatic rings. The van der Waals surface area contributed by atoms with Crippen LogP contribution in [0, 0.1) is 6.92 Å². The summed E-state index contributed by atoms with van der Waals surface area (Å²) >= 11 is 0. The van der Waals surface area contributed by atoms with Crippen molar-refractivity contribution in [2.24, 2.45) is 0 Å². The van der Waals surface area contributed by atoms with Crippen molar-refractivity contribution in [3.63, 3.8) is 0 Å². The molecule has 2 rings (SSSR count). The van der Waals surface area contributed by atoms with Gasteiger partial charge in [-0.2, -0.15) is 5.10 Å². The molecule has 0 spiro atoms. The van der Waals surface area contributed by atoms with Gasteiger partial charge in [0.2, 0.25) is 0 Å². The highest BCUT2D eigenvalue weighted by Crippen LogP contribution is 2.31. The fourth-order valence-corrected chi connectivity index (χ4v) is 2.74. The second kappa shape index (κ2) is 5.95. The molecule has 0 aliphatic carbocycles. The first-order chi connectivity index (χ1) is 9.04. The molecule has 1 saturated heterocycles. The van der Waals surface area contributed by atoms with Gasteiger partial charge in [0.15, 0.2) is 5.82 Å². The monoisotopic (exact) mass is 265 g/mol. The lowest BCUT2D eigenvalue weighted by Gasteiger charge is -2.42. The largest absolute Gasteiger partial charge is 0.359 e. The number of anilines is 1. The lowest BCUT2D eigenvalue weighted by molar-refractivity contribution is 0.0680. The zero-order chi connectivity index (χ0) is 13.9. The molecule has 0 unspecified atom stereocenters. The smallest absolute Gasteiger partial charge is 0.151 e. The normalized spacial score (nSPS) is 18.8. The van der Waals surface area contributed by atoms with E-state index >= 15 is 0 Å². The fraction of sp³-hybridized carbons (Fsp3) is 0.800. The Bertz CT molecular complexity index is 412. The summed E-state index contributed by atoms with van der Waals surface area (Å²) in [7, 11) is 0. The van der Waals surface area contributed by atoms with Crippen molar-refractivity contribution in [1.29, 1.82) is 0 Å². The Hall–Kier alpha value is -1.03. The minimum Gasteiger partial charge on any atom is -0.359 e. The molecule has 2 heterocycles. The highest BCUT2D eigenvalue weighted by atomic mass is 16.5. The molecule has 0 radical (unpaired) electrons. The molecule has 1 aromatic rings. The molecule has 1 aromatic heterocycles. The molecule has 0 bridgehead atoms. The number of hydrogen-bond acceptors (Lipinski definition) is 3. The second-order valence-electron chi connectivity index (χ2n) is 6.10. The van der Waals surface area contributed by atoms with Gasteiger partial charge in [-0.3, -0.25) is 0 Å². The molecular formula is C15H27N3O. The fourth-order valence-electron chi connectivity index (χ4n) is 2.74. The molecule has 1 fully saturated rings. The van der Waals surface area contributed by atoms with E-state index < -0.39 is 0 Å². The lowest BCUT2D eigenvalue weighted by atomic mass is 9.90. The third kappa shape index (κ3) is 3.30. The van der Waals surface area contributed by atoms with Crippen LogP contribution in [0.15, 0.2) is 6.07 Å². The van der Waals surface area contributed by atoms with Crippen molar-refractivity contribution in [1.82, 2.24) is 9.78 Å². The van der Waals surface area contributed by atoms with Gasteiger partial charge in [0, 0.05) is 30.5 Å². The molecule has 0 saturated carbocycles. The Kier molecular flexibility index (Phi) is 4.50. The van der Waals surface area contributed by atoms with E-state index in [0.717, 1.165) is 25.4 Å². The van der Waals surface area contributed by atoms with Gasteiger partial charge in [0.25, 0.3) is 0 Å². The number of rotatable bonds is 5. The van der Waals surface area contributed by atoms with E-state index in [2.05, 4.69) is 38.7 Å². The summed E-state index contributed by atoms with van der Waals surface area (Å²) in [5.41, 5.74) is 1.39. The van der Waals surface area contributed by atoms with Crippen molar-refractivity contribution in [3.8, 4) is 0 Å². The molecule has 0 amide bonds. The van der Waals surface area contributed by atoms with E-state index in [4.69, 9.17) is 9.84 Å². The zero-order valence-electron chi connectivity index (χ0n) is 12.8. The van der Waals surface area contributed by atoms with Crippen LogP contribution in [0.2, 0.25) is 0 Å². The standard InChI is InChI=1S/C15H27N3O/c1-5-10-19-12-18-13(2)11-14(16-18)17-9-7-6-8-15(17,3)4/h11H,5-10,12H2,1-4H3. The van der Waals surface area contributed by atoms with E-state index in [9.17, 15) is 0 Å². The Balaban J connectivity index is 2.10. The average Bonchev–Trinajstić information content (AvgIpc) is 2.70. The van der Waals surface area contributed by atoms with Crippen molar-refractivity contribution < 1.29 is 4.74 Å². The number of hydrogen-bond donors (Lipinski definition) is 0. The van der Waals surface area contributed by atoms with Crippen LogP contribution >= 0.6 is 0 Å². The first-order valence-corrected chi connectivity index (χ1v) is 7.44. The number of nitrogens with zero attached hydrogens (tertiary/aromatic N) is 3. The van der Waals surface area contributed by atoms with Gasteiger partial charge in [-0.25, -0.2) is 4.68 Å². The van der Waals surface area contributed by atoms with Crippen LogP contribution in [0.1, 0.15) is 52.1 Å². The van der Waals surface area contributed by atoms with Crippen LogP contribution in [0.4, 0.5) is 5.82 Å². The van der Waals surface area contributed by atoms with Crippen LogP contribution in [0.25, 0.3) is 0 Å². The van der Waals surface area contributed by atoms with Gasteiger partial charge >= 0.3 is 0 Å². The van der Waals surface area contributed by atoms with E-state index in [1.165, 1.54) is 25.0 Å². The van der Waals surface area contributed by atoms with Gasteiger partial charge in [0.1, 0.15) is 6.73 Å². The topological polar surface area (TPSA) is 30.3 Å². The molecule has 4 heteroatoms.